The number of nitro groups is 2. The number of hydrogen-bond donors (Lipinski definition) is 1. The lowest BCUT2D eigenvalue weighted by molar-refractivity contribution is -0.393. The summed E-state index contributed by atoms with van der Waals surface area (Å²) >= 11 is 0. The van der Waals surface area contributed by atoms with Crippen LogP contribution in [0.4, 0.5) is 17.1 Å². The molecule has 1 aliphatic carbocycles. The third-order valence-corrected chi connectivity index (χ3v) is 4.67. The van der Waals surface area contributed by atoms with E-state index in [4.69, 9.17) is 0 Å². The van der Waals surface area contributed by atoms with E-state index in [1.54, 1.807) is 0 Å². The molecule has 2 aromatic carbocycles. The Balaban J connectivity index is 1.99. The molecule has 0 bridgehead atoms. The standard InChI is InChI=1S/C18H18N4O4/c1-11-4-3-5-15-14(11)8-6-12(2)18(15)20-19-16-9-7-13(21(23)24)10-17(16)22(25)26/h3-5,7,9-10,12,19H,6,8H2,1-2H3/b20-18-. The van der Waals surface area contributed by atoms with Crippen LogP contribution in [0.5, 0.6) is 0 Å². The molecule has 0 radical (unpaired) electrons. The Hall–Kier alpha value is -3.29. The fourth-order valence-electron chi connectivity index (χ4n) is 3.21. The molecule has 26 heavy (non-hydrogen) atoms. The quantitative estimate of drug-likeness (QED) is 0.653. The molecular weight excluding hydrogens is 336 g/mol. The molecule has 0 fully saturated rings. The van der Waals surface area contributed by atoms with Gasteiger partial charge < -0.3 is 0 Å². The minimum Gasteiger partial charge on any atom is -0.271 e. The van der Waals surface area contributed by atoms with Gasteiger partial charge in [0.1, 0.15) is 5.69 Å². The summed E-state index contributed by atoms with van der Waals surface area (Å²) in [6.07, 6.45) is 1.92. The molecule has 0 amide bonds. The van der Waals surface area contributed by atoms with Crippen molar-refractivity contribution in [3.8, 4) is 0 Å². The molecule has 0 heterocycles. The summed E-state index contributed by atoms with van der Waals surface area (Å²) in [6.45, 7) is 4.12. The van der Waals surface area contributed by atoms with Crippen LogP contribution in [0.3, 0.4) is 0 Å². The highest BCUT2D eigenvalue weighted by Crippen LogP contribution is 2.31. The third-order valence-electron chi connectivity index (χ3n) is 4.67. The van der Waals surface area contributed by atoms with Gasteiger partial charge in [0.25, 0.3) is 5.69 Å². The van der Waals surface area contributed by atoms with Crippen molar-refractivity contribution in [1.82, 2.24) is 0 Å². The minimum absolute atomic E-state index is 0.125. The summed E-state index contributed by atoms with van der Waals surface area (Å²) < 4.78 is 0. The van der Waals surface area contributed by atoms with Crippen LogP contribution in [0.1, 0.15) is 30.0 Å². The van der Waals surface area contributed by atoms with E-state index in [2.05, 4.69) is 30.4 Å². The smallest absolute Gasteiger partial charge is 0.271 e. The molecule has 0 aromatic heterocycles. The van der Waals surface area contributed by atoms with Crippen molar-refractivity contribution in [1.29, 1.82) is 0 Å². The first-order valence-corrected chi connectivity index (χ1v) is 8.23. The molecule has 8 nitrogen and oxygen atoms in total. The average Bonchev–Trinajstić information content (AvgIpc) is 2.60. The van der Waals surface area contributed by atoms with Gasteiger partial charge in [0.2, 0.25) is 0 Å². The molecule has 0 saturated heterocycles. The van der Waals surface area contributed by atoms with Crippen molar-refractivity contribution < 1.29 is 9.85 Å². The molecule has 2 aromatic rings. The highest BCUT2D eigenvalue weighted by Gasteiger charge is 2.24. The van der Waals surface area contributed by atoms with E-state index >= 15 is 0 Å². The van der Waals surface area contributed by atoms with E-state index < -0.39 is 9.85 Å². The zero-order valence-corrected chi connectivity index (χ0v) is 14.4. The fraction of sp³-hybridized carbons (Fsp3) is 0.278. The molecule has 1 N–H and O–H groups in total. The van der Waals surface area contributed by atoms with Crippen molar-refractivity contribution in [2.45, 2.75) is 26.7 Å². The number of hydrogen-bond acceptors (Lipinski definition) is 6. The number of aryl methyl sites for hydroxylation is 1. The van der Waals surface area contributed by atoms with Gasteiger partial charge in [0.05, 0.1) is 21.6 Å². The van der Waals surface area contributed by atoms with Crippen molar-refractivity contribution in [3.63, 3.8) is 0 Å². The van der Waals surface area contributed by atoms with Crippen LogP contribution in [0, 0.1) is 33.1 Å². The maximum Gasteiger partial charge on any atom is 0.301 e. The predicted molar refractivity (Wildman–Crippen MR) is 98.6 cm³/mol. The second-order valence-electron chi connectivity index (χ2n) is 6.37. The predicted octanol–water partition coefficient (Wildman–Crippen LogP) is 4.21. The number of rotatable bonds is 4. The lowest BCUT2D eigenvalue weighted by atomic mass is 9.81. The van der Waals surface area contributed by atoms with Gasteiger partial charge in [-0.1, -0.05) is 25.1 Å². The van der Waals surface area contributed by atoms with Gasteiger partial charge >= 0.3 is 5.69 Å². The largest absolute Gasteiger partial charge is 0.301 e. The van der Waals surface area contributed by atoms with E-state index in [9.17, 15) is 20.2 Å². The molecule has 3 rings (SSSR count). The number of nitrogens with one attached hydrogen (secondary N) is 1. The van der Waals surface area contributed by atoms with E-state index in [1.807, 2.05) is 12.1 Å². The average molecular weight is 354 g/mol. The van der Waals surface area contributed by atoms with Gasteiger partial charge in [0.15, 0.2) is 0 Å². The second kappa shape index (κ2) is 6.91. The number of benzene rings is 2. The van der Waals surface area contributed by atoms with Gasteiger partial charge in [-0.3, -0.25) is 25.7 Å². The van der Waals surface area contributed by atoms with Crippen molar-refractivity contribution in [2.24, 2.45) is 11.0 Å². The molecule has 0 spiro atoms. The first-order chi connectivity index (χ1) is 12.4. The molecule has 0 saturated carbocycles. The van der Waals surface area contributed by atoms with E-state index in [-0.39, 0.29) is 23.0 Å². The van der Waals surface area contributed by atoms with Gasteiger partial charge in [-0.2, -0.15) is 5.10 Å². The monoisotopic (exact) mass is 354 g/mol. The van der Waals surface area contributed by atoms with Crippen molar-refractivity contribution >= 4 is 22.8 Å². The number of hydrazone groups is 1. The summed E-state index contributed by atoms with van der Waals surface area (Å²) in [7, 11) is 0. The normalized spacial score (nSPS) is 17.6. The number of nitrogens with zero attached hydrogens (tertiary/aromatic N) is 3. The van der Waals surface area contributed by atoms with Crippen LogP contribution < -0.4 is 5.43 Å². The van der Waals surface area contributed by atoms with Crippen LogP contribution in [-0.4, -0.2) is 15.6 Å². The van der Waals surface area contributed by atoms with E-state index in [1.165, 1.54) is 23.3 Å². The van der Waals surface area contributed by atoms with Crippen LogP contribution in [-0.2, 0) is 6.42 Å². The second-order valence-corrected chi connectivity index (χ2v) is 6.37. The Labute approximate surface area is 149 Å². The topological polar surface area (TPSA) is 111 Å². The number of nitro benzene ring substituents is 2. The van der Waals surface area contributed by atoms with Crippen LogP contribution >= 0.6 is 0 Å². The molecular formula is C18H18N4O4. The molecule has 1 atom stereocenters. The van der Waals surface area contributed by atoms with Crippen LogP contribution in [0.15, 0.2) is 41.5 Å². The molecule has 1 unspecified atom stereocenters. The lowest BCUT2D eigenvalue weighted by Gasteiger charge is -2.25. The zero-order chi connectivity index (χ0) is 18.8. The maximum absolute atomic E-state index is 11.2. The summed E-state index contributed by atoms with van der Waals surface area (Å²) in [5.41, 5.74) is 6.48. The first-order valence-electron chi connectivity index (χ1n) is 8.23. The zero-order valence-electron chi connectivity index (χ0n) is 14.4. The number of non-ortho nitro benzene ring substituents is 1. The Bertz CT molecular complexity index is 923. The van der Waals surface area contributed by atoms with Crippen LogP contribution in [0.25, 0.3) is 0 Å². The Morgan fingerprint density at radius 2 is 1.92 bits per heavy atom. The summed E-state index contributed by atoms with van der Waals surface area (Å²) in [4.78, 5) is 20.8. The third kappa shape index (κ3) is 3.26. The Morgan fingerprint density at radius 3 is 2.62 bits per heavy atom. The SMILES string of the molecule is Cc1cccc2c1CCC(C)/C2=N/Nc1ccc([N+](=O)[O-])cc1[N+](=O)[O-]. The minimum atomic E-state index is -0.662. The summed E-state index contributed by atoms with van der Waals surface area (Å²) in [6, 6.07) is 9.49. The molecule has 0 aliphatic heterocycles. The number of fused-ring (bicyclic) bond motifs is 1. The van der Waals surface area contributed by atoms with Crippen LogP contribution in [0.2, 0.25) is 0 Å². The van der Waals surface area contributed by atoms with E-state index in [0.717, 1.165) is 30.2 Å². The van der Waals surface area contributed by atoms with Gasteiger partial charge in [-0.25, -0.2) is 0 Å². The first kappa shape index (κ1) is 17.5. The lowest BCUT2D eigenvalue weighted by Crippen LogP contribution is -2.23. The van der Waals surface area contributed by atoms with Gasteiger partial charge in [-0.15, -0.1) is 0 Å². The number of anilines is 1. The van der Waals surface area contributed by atoms with Crippen molar-refractivity contribution in [3.05, 3.63) is 73.3 Å². The maximum atomic E-state index is 11.2. The fourth-order valence-corrected chi connectivity index (χ4v) is 3.21. The van der Waals surface area contributed by atoms with Gasteiger partial charge in [0, 0.05) is 17.5 Å². The highest BCUT2D eigenvalue weighted by atomic mass is 16.6. The molecule has 134 valence electrons. The molecule has 1 aliphatic rings. The highest BCUT2D eigenvalue weighted by molar-refractivity contribution is 6.04. The van der Waals surface area contributed by atoms with E-state index in [0.29, 0.717) is 0 Å². The summed E-state index contributed by atoms with van der Waals surface area (Å²) in [5.74, 6) is 0.203. The Morgan fingerprint density at radius 1 is 1.15 bits per heavy atom. The van der Waals surface area contributed by atoms with Crippen molar-refractivity contribution in [2.75, 3.05) is 5.43 Å². The summed E-state index contributed by atoms with van der Waals surface area (Å²) in [5, 5.41) is 26.5. The Kier molecular flexibility index (Phi) is 4.66. The molecule has 8 heteroatoms. The van der Waals surface area contributed by atoms with Gasteiger partial charge in [-0.05, 0) is 37.0 Å².